The van der Waals surface area contributed by atoms with Crippen LogP contribution in [-0.2, 0) is 22.5 Å². The van der Waals surface area contributed by atoms with E-state index in [9.17, 15) is 9.35 Å². The number of benzene rings is 2. The molecule has 7 unspecified atom stereocenters. The van der Waals surface area contributed by atoms with Crippen molar-refractivity contribution < 1.29 is 18.8 Å². The van der Waals surface area contributed by atoms with Crippen LogP contribution >= 0.6 is 11.6 Å². The first-order valence-corrected chi connectivity index (χ1v) is 16.6. The molecule has 1 N–H and O–H groups in total. The van der Waals surface area contributed by atoms with Crippen LogP contribution in [-0.4, -0.2) is 48.6 Å². The summed E-state index contributed by atoms with van der Waals surface area (Å²) in [5.41, 5.74) is 3.95. The molecule has 0 aromatic heterocycles. The van der Waals surface area contributed by atoms with Gasteiger partial charge in [0.05, 0.1) is 29.8 Å². The van der Waals surface area contributed by atoms with E-state index in [1.165, 1.54) is 11.1 Å². The van der Waals surface area contributed by atoms with E-state index in [-0.39, 0.29) is 29.1 Å². The Hall–Kier alpha value is -2.19. The van der Waals surface area contributed by atoms with Crippen molar-refractivity contribution in [3.8, 4) is 5.75 Å². The maximum atomic E-state index is 13.3. The van der Waals surface area contributed by atoms with Gasteiger partial charge in [-0.2, -0.15) is 4.72 Å². The minimum Gasteiger partial charge on any atom is -0.593 e. The number of halogens is 1. The van der Waals surface area contributed by atoms with Crippen molar-refractivity contribution in [2.75, 3.05) is 31.7 Å². The molecule has 41 heavy (non-hydrogen) atoms. The number of allylic oxidation sites excluding steroid dienone is 1. The largest absolute Gasteiger partial charge is 0.593 e. The van der Waals surface area contributed by atoms with Crippen LogP contribution in [0.5, 0.6) is 5.75 Å². The van der Waals surface area contributed by atoms with Gasteiger partial charge >= 0.3 is 0 Å². The molecule has 7 atom stereocenters. The molecule has 5 rings (SSSR count). The lowest BCUT2D eigenvalue weighted by atomic mass is 9.70. The van der Waals surface area contributed by atoms with Gasteiger partial charge in [-0.15, -0.1) is 0 Å². The van der Waals surface area contributed by atoms with Gasteiger partial charge in [-0.1, -0.05) is 50.1 Å². The van der Waals surface area contributed by atoms with Gasteiger partial charge in [0.2, 0.25) is 0 Å². The summed E-state index contributed by atoms with van der Waals surface area (Å²) >= 11 is 4.90. The van der Waals surface area contributed by atoms with Gasteiger partial charge in [-0.05, 0) is 85.9 Å². The zero-order valence-corrected chi connectivity index (χ0v) is 26.2. The fraction of sp³-hybridized carbons (Fsp3) is 0.545. The average molecular weight is 599 g/mol. The van der Waals surface area contributed by atoms with Crippen LogP contribution in [0.25, 0.3) is 0 Å². The predicted molar refractivity (Wildman–Crippen MR) is 167 cm³/mol. The van der Waals surface area contributed by atoms with Crippen LogP contribution in [0.1, 0.15) is 73.9 Å². The summed E-state index contributed by atoms with van der Waals surface area (Å²) in [6.45, 7) is 8.37. The van der Waals surface area contributed by atoms with Gasteiger partial charge < -0.3 is 18.9 Å². The van der Waals surface area contributed by atoms with Gasteiger partial charge in [-0.3, -0.25) is 4.79 Å². The monoisotopic (exact) mass is 598 g/mol. The number of methoxy groups -OCH3 is 1. The highest BCUT2D eigenvalue weighted by Gasteiger charge is 2.39. The molecule has 0 saturated heterocycles. The van der Waals surface area contributed by atoms with Crippen LogP contribution in [0, 0.1) is 17.8 Å². The molecule has 1 aliphatic carbocycles. The fourth-order valence-electron chi connectivity index (χ4n) is 6.46. The summed E-state index contributed by atoms with van der Waals surface area (Å²) in [5, 5.41) is 0.569. The lowest BCUT2D eigenvalue weighted by Crippen LogP contribution is -2.44. The summed E-state index contributed by atoms with van der Waals surface area (Å²) in [4.78, 5) is 15.7. The lowest BCUT2D eigenvalue weighted by Gasteiger charge is -2.43. The SMILES string of the molecule is CCCc1cc(Cl)ccc1C1COc2ccc3cc2N(C1)CC1CCC1C(OC)/C=C/CC(C)C(C)[S+]([O-])NC3=O. The Kier molecular flexibility index (Phi) is 9.90. The molecule has 1 saturated carbocycles. The van der Waals surface area contributed by atoms with E-state index in [1.54, 1.807) is 13.2 Å². The van der Waals surface area contributed by atoms with E-state index in [1.807, 2.05) is 25.1 Å². The summed E-state index contributed by atoms with van der Waals surface area (Å²) in [6.07, 6.45) is 9.47. The molecule has 2 aromatic carbocycles. The van der Waals surface area contributed by atoms with Crippen LogP contribution in [0.15, 0.2) is 48.6 Å². The van der Waals surface area contributed by atoms with Crippen molar-refractivity contribution in [3.05, 3.63) is 70.3 Å². The number of anilines is 1. The summed E-state index contributed by atoms with van der Waals surface area (Å²) in [6, 6.07) is 11.8. The van der Waals surface area contributed by atoms with Gasteiger partial charge in [0.25, 0.3) is 5.91 Å². The molecule has 0 spiro atoms. The van der Waals surface area contributed by atoms with E-state index in [0.29, 0.717) is 24.0 Å². The van der Waals surface area contributed by atoms with Crippen molar-refractivity contribution in [2.45, 2.75) is 70.1 Å². The topological polar surface area (TPSA) is 73.9 Å². The Balaban J connectivity index is 1.53. The molecule has 222 valence electrons. The van der Waals surface area contributed by atoms with Gasteiger partial charge in [0.1, 0.15) is 11.0 Å². The van der Waals surface area contributed by atoms with E-state index in [2.05, 4.69) is 47.8 Å². The molecule has 1 amide bonds. The molecular weight excluding hydrogens is 556 g/mol. The maximum absolute atomic E-state index is 13.3. The molecular formula is C33H43ClN2O4S. The van der Waals surface area contributed by atoms with E-state index >= 15 is 0 Å². The number of nitrogens with one attached hydrogen (secondary N) is 1. The predicted octanol–water partition coefficient (Wildman–Crippen LogP) is 6.69. The van der Waals surface area contributed by atoms with Crippen LogP contribution < -0.4 is 14.4 Å². The highest BCUT2D eigenvalue weighted by molar-refractivity contribution is 7.90. The minimum absolute atomic E-state index is 0.0478. The Labute approximate surface area is 253 Å². The van der Waals surface area contributed by atoms with Crippen molar-refractivity contribution >= 4 is 34.6 Å². The number of rotatable bonds is 4. The second-order valence-corrected chi connectivity index (χ2v) is 13.9. The minimum atomic E-state index is -1.50. The number of hydrogen-bond donors (Lipinski definition) is 1. The quantitative estimate of drug-likeness (QED) is 0.313. The number of hydrogen-bond acceptors (Lipinski definition) is 5. The number of carbonyl (C=O) groups excluding carboxylic acids is 1. The Bertz CT molecular complexity index is 1260. The molecule has 3 aliphatic rings. The second kappa shape index (κ2) is 13.4. The normalized spacial score (nSPS) is 31.2. The van der Waals surface area contributed by atoms with E-state index in [4.69, 9.17) is 21.1 Å². The van der Waals surface area contributed by atoms with Gasteiger partial charge in [-0.25, -0.2) is 0 Å². The molecule has 6 nitrogen and oxygen atoms in total. The standard InChI is InChI=1S/C33H43ClN2O4S/c1-5-7-23-16-27(34)12-14-28(23)26-19-36-18-25-10-13-29(25)31(39-4)9-6-8-21(2)22(3)41(38)35-33(37)24-11-15-32(40-20-26)30(36)17-24/h6,9,11-12,14-17,21-22,25-26,29,31H,5,7-8,10,13,18-20H2,1-4H3,(H,35,37)/b9-6+. The van der Waals surface area contributed by atoms with E-state index < -0.39 is 11.4 Å². The summed E-state index contributed by atoms with van der Waals surface area (Å²) < 4.78 is 28.3. The van der Waals surface area contributed by atoms with E-state index in [0.717, 1.165) is 61.7 Å². The number of amides is 1. The van der Waals surface area contributed by atoms with Crippen molar-refractivity contribution in [2.24, 2.45) is 17.8 Å². The Morgan fingerprint density at radius 1 is 1.17 bits per heavy atom. The number of fused-ring (bicyclic) bond motifs is 2. The molecule has 1 fully saturated rings. The molecule has 8 heteroatoms. The zero-order valence-electron chi connectivity index (χ0n) is 24.6. The van der Waals surface area contributed by atoms with Crippen LogP contribution in [0.4, 0.5) is 5.69 Å². The van der Waals surface area contributed by atoms with Crippen molar-refractivity contribution in [3.63, 3.8) is 0 Å². The van der Waals surface area contributed by atoms with Crippen LogP contribution in [0.3, 0.4) is 0 Å². The van der Waals surface area contributed by atoms with Crippen molar-refractivity contribution in [1.82, 2.24) is 4.72 Å². The molecule has 2 heterocycles. The van der Waals surface area contributed by atoms with Crippen molar-refractivity contribution in [1.29, 1.82) is 0 Å². The highest BCUT2D eigenvalue weighted by atomic mass is 35.5. The Morgan fingerprint density at radius 3 is 2.73 bits per heavy atom. The third-order valence-electron chi connectivity index (χ3n) is 9.30. The van der Waals surface area contributed by atoms with Gasteiger partial charge in [0, 0.05) is 42.6 Å². The Morgan fingerprint density at radius 2 is 2.00 bits per heavy atom. The number of nitrogens with zero attached hydrogens (tertiary/aromatic N) is 1. The van der Waals surface area contributed by atoms with Crippen LogP contribution in [0.2, 0.25) is 5.02 Å². The first-order chi connectivity index (χ1) is 19.8. The first-order valence-electron chi connectivity index (χ1n) is 15.0. The molecule has 0 radical (unpaired) electrons. The highest BCUT2D eigenvalue weighted by Crippen LogP contribution is 2.43. The lowest BCUT2D eigenvalue weighted by molar-refractivity contribution is 0.0134. The number of aryl methyl sites for hydroxylation is 1. The fourth-order valence-corrected chi connectivity index (χ4v) is 7.68. The first kappa shape index (κ1) is 30.3. The summed E-state index contributed by atoms with van der Waals surface area (Å²) in [5.74, 6) is 1.64. The maximum Gasteiger partial charge on any atom is 0.292 e. The number of carbonyl (C=O) groups is 1. The second-order valence-electron chi connectivity index (χ2n) is 12.0. The van der Waals surface area contributed by atoms with Gasteiger partial charge in [0.15, 0.2) is 0 Å². The number of ether oxygens (including phenoxy) is 2. The smallest absolute Gasteiger partial charge is 0.292 e. The third kappa shape index (κ3) is 6.74. The molecule has 2 bridgehead atoms. The molecule has 2 aliphatic heterocycles. The average Bonchev–Trinajstić information content (AvgIpc) is 3.13. The molecule has 2 aromatic rings. The zero-order chi connectivity index (χ0) is 29.1. The summed E-state index contributed by atoms with van der Waals surface area (Å²) in [7, 11) is 1.80. The third-order valence-corrected chi connectivity index (χ3v) is 11.1.